The average Bonchev–Trinajstić information content (AvgIpc) is 3.02. The zero-order valence-corrected chi connectivity index (χ0v) is 28.1. The molecule has 0 atom stereocenters. The molecule has 0 aliphatic carbocycles. The highest BCUT2D eigenvalue weighted by Gasteiger charge is 2.53. The van der Waals surface area contributed by atoms with Crippen molar-refractivity contribution in [2.24, 2.45) is 5.73 Å². The summed E-state index contributed by atoms with van der Waals surface area (Å²) in [7, 11) is 0. The van der Waals surface area contributed by atoms with Crippen LogP contribution in [0.3, 0.4) is 0 Å². The van der Waals surface area contributed by atoms with Crippen molar-refractivity contribution in [2.75, 3.05) is 0 Å². The van der Waals surface area contributed by atoms with Gasteiger partial charge in [-0.15, -0.1) is 0 Å². The Morgan fingerprint density at radius 2 is 1.26 bits per heavy atom. The van der Waals surface area contributed by atoms with Crippen LogP contribution in [-0.2, 0) is 14.4 Å². The van der Waals surface area contributed by atoms with Crippen LogP contribution in [0.15, 0.2) is 17.9 Å². The number of likely N-dealkylation sites (tertiary alicyclic amines) is 1. The van der Waals surface area contributed by atoms with E-state index in [1.807, 2.05) is 27.7 Å². The van der Waals surface area contributed by atoms with Crippen LogP contribution < -0.4 is 5.73 Å². The molecule has 0 spiro atoms. The Balaban J connectivity index is 2.09. The minimum absolute atomic E-state index is 0.0180. The van der Waals surface area contributed by atoms with E-state index in [4.69, 9.17) is 5.73 Å². The van der Waals surface area contributed by atoms with Gasteiger partial charge < -0.3 is 10.6 Å². The lowest BCUT2D eigenvalue weighted by atomic mass is 9.76. The van der Waals surface area contributed by atoms with E-state index >= 15 is 0 Å². The monoisotopic (exact) mass is 782 g/mol. The van der Waals surface area contributed by atoms with Crippen LogP contribution in [0.1, 0.15) is 93.9 Å². The largest absolute Gasteiger partial charge is 0.370 e. The fourth-order valence-electron chi connectivity index (χ4n) is 5.95. The Bertz CT molecular complexity index is 1170. The third-order valence-corrected chi connectivity index (χ3v) is 11.7. The summed E-state index contributed by atoms with van der Waals surface area (Å²) in [6.07, 6.45) is 1.64. The van der Waals surface area contributed by atoms with Gasteiger partial charge in [0.1, 0.15) is 0 Å². The summed E-state index contributed by atoms with van der Waals surface area (Å²) in [4.78, 5) is 67.1. The van der Waals surface area contributed by atoms with E-state index < -0.39 is 40.7 Å². The first kappa shape index (κ1) is 31.2. The lowest BCUT2D eigenvalue weighted by molar-refractivity contribution is -0.163. The van der Waals surface area contributed by atoms with E-state index in [0.717, 1.165) is 5.01 Å². The van der Waals surface area contributed by atoms with Gasteiger partial charge in [-0.25, -0.2) is 5.01 Å². The van der Waals surface area contributed by atoms with E-state index in [0.29, 0.717) is 43.6 Å². The number of hydrogen-bond donors (Lipinski definition) is 1. The fourth-order valence-corrected chi connectivity index (χ4v) is 8.41. The molecule has 0 saturated carbocycles. The first-order chi connectivity index (χ1) is 17.4. The number of hydrazine groups is 1. The molecule has 0 radical (unpaired) electrons. The molecule has 1 saturated heterocycles. The number of halogens is 4. The summed E-state index contributed by atoms with van der Waals surface area (Å²) in [5.41, 5.74) is 4.21. The molecule has 38 heavy (non-hydrogen) atoms. The molecule has 3 rings (SSSR count). The Kier molecular flexibility index (Phi) is 9.27. The second kappa shape index (κ2) is 11.3. The molecule has 5 amide bonds. The molecule has 2 heterocycles. The van der Waals surface area contributed by atoms with Gasteiger partial charge in [-0.2, -0.15) is 5.01 Å². The maximum Gasteiger partial charge on any atom is 0.282 e. The highest BCUT2D eigenvalue weighted by molar-refractivity contribution is 9.15. The van der Waals surface area contributed by atoms with Gasteiger partial charge in [0.25, 0.3) is 11.8 Å². The molecule has 9 nitrogen and oxygen atoms in total. The van der Waals surface area contributed by atoms with Crippen molar-refractivity contribution in [3.8, 4) is 0 Å². The number of imide groups is 1. The topological polar surface area (TPSA) is 121 Å². The fraction of sp³-hybridized carbons (Fsp3) is 0.560. The maximum absolute atomic E-state index is 13.8. The zero-order chi connectivity index (χ0) is 28.9. The summed E-state index contributed by atoms with van der Waals surface area (Å²) >= 11 is 13.7. The number of hydrogen-bond acceptors (Lipinski definition) is 5. The number of nitrogens with two attached hydrogens (primary N) is 1. The number of nitrogens with zero attached hydrogens (tertiary/aromatic N) is 3. The molecular formula is C25H30Br4N4O5. The van der Waals surface area contributed by atoms with Gasteiger partial charge in [0, 0.05) is 48.7 Å². The lowest BCUT2D eigenvalue weighted by Gasteiger charge is -2.57. The highest BCUT2D eigenvalue weighted by atomic mass is 79.9. The number of primary amides is 1. The van der Waals surface area contributed by atoms with Crippen molar-refractivity contribution in [1.29, 1.82) is 0 Å². The first-order valence-electron chi connectivity index (χ1n) is 12.1. The van der Waals surface area contributed by atoms with Gasteiger partial charge in [0.2, 0.25) is 17.7 Å². The molecule has 0 aromatic heterocycles. The highest BCUT2D eigenvalue weighted by Crippen LogP contribution is 2.47. The van der Waals surface area contributed by atoms with Gasteiger partial charge in [-0.05, 0) is 117 Å². The zero-order valence-electron chi connectivity index (χ0n) is 21.8. The predicted molar refractivity (Wildman–Crippen MR) is 156 cm³/mol. The van der Waals surface area contributed by atoms with E-state index in [1.165, 1.54) is 11.9 Å². The normalized spacial score (nSPS) is 18.6. The number of amides is 5. The lowest BCUT2D eigenvalue weighted by Crippen LogP contribution is -2.68. The average molecular weight is 786 g/mol. The Hall–Kier alpha value is -1.31. The summed E-state index contributed by atoms with van der Waals surface area (Å²) in [6.45, 7) is 9.19. The van der Waals surface area contributed by atoms with E-state index in [-0.39, 0.29) is 29.9 Å². The Morgan fingerprint density at radius 3 is 1.66 bits per heavy atom. The van der Waals surface area contributed by atoms with Gasteiger partial charge >= 0.3 is 0 Å². The van der Waals surface area contributed by atoms with Crippen molar-refractivity contribution in [3.63, 3.8) is 0 Å². The smallest absolute Gasteiger partial charge is 0.282 e. The molecule has 1 aromatic carbocycles. The third kappa shape index (κ3) is 5.62. The van der Waals surface area contributed by atoms with E-state index in [2.05, 4.69) is 63.7 Å². The summed E-state index contributed by atoms with van der Waals surface area (Å²) in [5, 5.41) is 2.23. The molecule has 13 heteroatoms. The summed E-state index contributed by atoms with van der Waals surface area (Å²) in [6, 6.07) is -0.550. The van der Waals surface area contributed by atoms with Crippen LogP contribution in [0.2, 0.25) is 0 Å². The van der Waals surface area contributed by atoms with Crippen LogP contribution in [0.5, 0.6) is 0 Å². The van der Waals surface area contributed by atoms with Gasteiger partial charge in [-0.1, -0.05) is 0 Å². The molecule has 2 aliphatic rings. The van der Waals surface area contributed by atoms with E-state index in [9.17, 15) is 24.0 Å². The standard InChI is InChI=1S/C25H30Br4N4O5/c1-12(34)33-24(2,3)10-13(11-25(33,4)5)31(15(36)9-7-6-8-14(30)35)32-22(37)16-17(23(32)38)19(27)21(29)20(28)18(16)26/h13H,6-11H2,1-5H3,(H2,30,35). The second-order valence-corrected chi connectivity index (χ2v) is 14.1. The van der Waals surface area contributed by atoms with Crippen molar-refractivity contribution >= 4 is 93.3 Å². The number of carbonyl (C=O) groups is 5. The van der Waals surface area contributed by atoms with Gasteiger partial charge in [0.15, 0.2) is 0 Å². The number of piperidine rings is 1. The SMILES string of the molecule is CC(=O)N1C(C)(C)CC(N(C(=O)CCCCC(N)=O)N2C(=O)c3c(Br)c(Br)c(Br)c(Br)c3C2=O)CC1(C)C. The minimum atomic E-state index is -0.658. The molecular weight excluding hydrogens is 756 g/mol. The molecule has 208 valence electrons. The number of fused-ring (bicyclic) bond motifs is 1. The number of carbonyl (C=O) groups excluding carboxylic acids is 5. The molecule has 2 aliphatic heterocycles. The number of rotatable bonds is 7. The van der Waals surface area contributed by atoms with Crippen LogP contribution in [0, 0.1) is 0 Å². The Morgan fingerprint density at radius 1 is 0.842 bits per heavy atom. The van der Waals surface area contributed by atoms with Gasteiger partial charge in [0.05, 0.1) is 17.2 Å². The molecule has 0 unspecified atom stereocenters. The quantitative estimate of drug-likeness (QED) is 0.165. The van der Waals surface area contributed by atoms with Crippen LogP contribution in [0.25, 0.3) is 0 Å². The molecule has 0 bridgehead atoms. The van der Waals surface area contributed by atoms with Crippen LogP contribution in [0.4, 0.5) is 0 Å². The summed E-state index contributed by atoms with van der Waals surface area (Å²) < 4.78 is 1.88. The maximum atomic E-state index is 13.8. The Labute approximate surface area is 255 Å². The van der Waals surface area contributed by atoms with Crippen LogP contribution in [-0.4, -0.2) is 61.6 Å². The number of benzene rings is 1. The first-order valence-corrected chi connectivity index (χ1v) is 15.3. The molecule has 2 N–H and O–H groups in total. The molecule has 1 aromatic rings. The summed E-state index contributed by atoms with van der Waals surface area (Å²) in [5.74, 6) is -2.21. The van der Waals surface area contributed by atoms with Crippen LogP contribution >= 0.6 is 63.7 Å². The second-order valence-electron chi connectivity index (χ2n) is 10.9. The van der Waals surface area contributed by atoms with E-state index in [1.54, 1.807) is 4.90 Å². The predicted octanol–water partition coefficient (Wildman–Crippen LogP) is 5.69. The van der Waals surface area contributed by atoms with Crippen molar-refractivity contribution in [2.45, 2.75) is 90.3 Å². The van der Waals surface area contributed by atoms with Crippen molar-refractivity contribution < 1.29 is 24.0 Å². The van der Waals surface area contributed by atoms with Crippen molar-refractivity contribution in [3.05, 3.63) is 29.0 Å². The van der Waals surface area contributed by atoms with Gasteiger partial charge in [-0.3, -0.25) is 24.0 Å². The number of unbranched alkanes of at least 4 members (excludes halogenated alkanes) is 1. The minimum Gasteiger partial charge on any atom is -0.370 e. The molecule has 1 fully saturated rings. The third-order valence-electron chi connectivity index (χ3n) is 6.96. The van der Waals surface area contributed by atoms with Crippen molar-refractivity contribution in [1.82, 2.24) is 14.9 Å².